The second kappa shape index (κ2) is 3.02. The van der Waals surface area contributed by atoms with Crippen LogP contribution in [-0.4, -0.2) is 16.1 Å². The molecule has 12 heavy (non-hydrogen) atoms. The van der Waals surface area contributed by atoms with E-state index in [1.54, 1.807) is 0 Å². The molecule has 64 valence electrons. The normalized spacial score (nSPS) is 9.75. The Bertz CT molecular complexity index is 338. The largest absolute Gasteiger partial charge is 0.507 e. The van der Waals surface area contributed by atoms with Crippen LogP contribution in [0, 0.1) is 0 Å². The van der Waals surface area contributed by atoms with Gasteiger partial charge in [-0.15, -0.1) is 0 Å². The molecule has 0 aliphatic carbocycles. The number of carbonyl (C=O) groups is 1. The quantitative estimate of drug-likeness (QED) is 0.630. The summed E-state index contributed by atoms with van der Waals surface area (Å²) in [5.41, 5.74) is 4.81. The van der Waals surface area contributed by atoms with Crippen molar-refractivity contribution >= 4 is 21.8 Å². The van der Waals surface area contributed by atoms with Gasteiger partial charge in [0, 0.05) is 0 Å². The SMILES string of the molecule is NC(=O)c1cc(O)c(Br)cc1O. The first kappa shape index (κ1) is 8.86. The number of primary amides is 1. The minimum Gasteiger partial charge on any atom is -0.507 e. The summed E-state index contributed by atoms with van der Waals surface area (Å²) in [6.07, 6.45) is 0. The van der Waals surface area contributed by atoms with Crippen molar-refractivity contribution < 1.29 is 15.0 Å². The first-order chi connectivity index (χ1) is 5.52. The highest BCUT2D eigenvalue weighted by atomic mass is 79.9. The van der Waals surface area contributed by atoms with Gasteiger partial charge in [-0.25, -0.2) is 0 Å². The molecule has 0 heterocycles. The van der Waals surface area contributed by atoms with Crippen LogP contribution >= 0.6 is 15.9 Å². The van der Waals surface area contributed by atoms with Crippen molar-refractivity contribution in [3.8, 4) is 11.5 Å². The molecule has 0 spiro atoms. The van der Waals surface area contributed by atoms with E-state index >= 15 is 0 Å². The predicted molar refractivity (Wildman–Crippen MR) is 46.0 cm³/mol. The van der Waals surface area contributed by atoms with Gasteiger partial charge in [-0.05, 0) is 28.1 Å². The van der Waals surface area contributed by atoms with E-state index in [0.29, 0.717) is 4.47 Å². The zero-order valence-electron chi connectivity index (χ0n) is 5.91. The number of hydrogen-bond donors (Lipinski definition) is 3. The van der Waals surface area contributed by atoms with Crippen molar-refractivity contribution in [1.29, 1.82) is 0 Å². The monoisotopic (exact) mass is 231 g/mol. The predicted octanol–water partition coefficient (Wildman–Crippen LogP) is 0.959. The maximum absolute atomic E-state index is 10.6. The Morgan fingerprint density at radius 3 is 2.42 bits per heavy atom. The Morgan fingerprint density at radius 1 is 1.33 bits per heavy atom. The minimum absolute atomic E-state index is 0.101. The lowest BCUT2D eigenvalue weighted by atomic mass is 10.2. The molecule has 5 heteroatoms. The number of rotatable bonds is 1. The molecule has 0 fully saturated rings. The van der Waals surface area contributed by atoms with Gasteiger partial charge >= 0.3 is 0 Å². The standard InChI is InChI=1S/C7H6BrNO3/c8-4-2-5(10)3(7(9)12)1-6(4)11/h1-2,10-11H,(H2,9,12). The Hall–Kier alpha value is -1.23. The molecule has 0 saturated heterocycles. The van der Waals surface area contributed by atoms with E-state index in [-0.39, 0.29) is 17.1 Å². The maximum Gasteiger partial charge on any atom is 0.252 e. The van der Waals surface area contributed by atoms with Crippen LogP contribution in [0.2, 0.25) is 0 Å². The lowest BCUT2D eigenvalue weighted by molar-refractivity contribution is 0.0997. The molecule has 4 N–H and O–H groups in total. The molecule has 0 radical (unpaired) electrons. The van der Waals surface area contributed by atoms with Crippen LogP contribution in [0.5, 0.6) is 11.5 Å². The van der Waals surface area contributed by atoms with Gasteiger partial charge < -0.3 is 15.9 Å². The van der Waals surface area contributed by atoms with Crippen molar-refractivity contribution in [1.82, 2.24) is 0 Å². The van der Waals surface area contributed by atoms with Crippen molar-refractivity contribution in [2.24, 2.45) is 5.73 Å². The number of nitrogens with two attached hydrogens (primary N) is 1. The summed E-state index contributed by atoms with van der Waals surface area (Å²) in [5, 5.41) is 18.3. The van der Waals surface area contributed by atoms with Gasteiger partial charge in [-0.2, -0.15) is 0 Å². The average Bonchev–Trinajstić information content (AvgIpc) is 1.96. The van der Waals surface area contributed by atoms with Crippen LogP contribution in [0.1, 0.15) is 10.4 Å². The molecule has 0 aliphatic heterocycles. The molecule has 1 rings (SSSR count). The van der Waals surface area contributed by atoms with Crippen molar-refractivity contribution in [3.63, 3.8) is 0 Å². The van der Waals surface area contributed by atoms with E-state index in [4.69, 9.17) is 15.9 Å². The first-order valence-electron chi connectivity index (χ1n) is 3.03. The third-order valence-corrected chi connectivity index (χ3v) is 1.97. The van der Waals surface area contributed by atoms with Crippen LogP contribution in [0.25, 0.3) is 0 Å². The Labute approximate surface area is 76.8 Å². The smallest absolute Gasteiger partial charge is 0.252 e. The number of phenols is 2. The van der Waals surface area contributed by atoms with Gasteiger partial charge in [0.05, 0.1) is 10.0 Å². The Kier molecular flexibility index (Phi) is 2.23. The minimum atomic E-state index is -0.782. The highest BCUT2D eigenvalue weighted by molar-refractivity contribution is 9.10. The Morgan fingerprint density at radius 2 is 1.92 bits per heavy atom. The topological polar surface area (TPSA) is 83.6 Å². The van der Waals surface area contributed by atoms with Crippen molar-refractivity contribution in [3.05, 3.63) is 22.2 Å². The second-order valence-corrected chi connectivity index (χ2v) is 3.04. The highest BCUT2D eigenvalue weighted by Gasteiger charge is 2.10. The summed E-state index contributed by atoms with van der Waals surface area (Å²) in [5.74, 6) is -1.18. The number of halogens is 1. The van der Waals surface area contributed by atoms with Crippen LogP contribution in [-0.2, 0) is 0 Å². The summed E-state index contributed by atoms with van der Waals surface area (Å²) in [6, 6.07) is 2.30. The fourth-order valence-corrected chi connectivity index (χ4v) is 1.08. The summed E-state index contributed by atoms with van der Waals surface area (Å²) < 4.78 is 0.310. The third kappa shape index (κ3) is 1.50. The summed E-state index contributed by atoms with van der Waals surface area (Å²) in [7, 11) is 0. The Balaban J connectivity index is 3.33. The number of phenolic OH excluding ortho intramolecular Hbond substituents is 1. The molecule has 1 aromatic rings. The number of carbonyl (C=O) groups excluding carboxylic acids is 1. The highest BCUT2D eigenvalue weighted by Crippen LogP contribution is 2.30. The van der Waals surface area contributed by atoms with Gasteiger partial charge in [0.1, 0.15) is 11.5 Å². The van der Waals surface area contributed by atoms with E-state index in [9.17, 15) is 4.79 Å². The van der Waals surface area contributed by atoms with E-state index in [1.807, 2.05) is 0 Å². The van der Waals surface area contributed by atoms with Gasteiger partial charge in [0.2, 0.25) is 0 Å². The molecule has 4 nitrogen and oxygen atoms in total. The number of benzene rings is 1. The van der Waals surface area contributed by atoms with E-state index in [0.717, 1.165) is 6.07 Å². The van der Waals surface area contributed by atoms with Crippen LogP contribution in [0.3, 0.4) is 0 Å². The molecule has 0 saturated carbocycles. The maximum atomic E-state index is 10.6. The van der Waals surface area contributed by atoms with Gasteiger partial charge in [-0.3, -0.25) is 4.79 Å². The van der Waals surface area contributed by atoms with Crippen molar-refractivity contribution in [2.75, 3.05) is 0 Å². The zero-order chi connectivity index (χ0) is 9.30. The van der Waals surface area contributed by atoms with Crippen molar-refractivity contribution in [2.45, 2.75) is 0 Å². The summed E-state index contributed by atoms with van der Waals surface area (Å²) in [6.45, 7) is 0. The average molecular weight is 232 g/mol. The third-order valence-electron chi connectivity index (χ3n) is 1.33. The van der Waals surface area contributed by atoms with E-state index in [2.05, 4.69) is 15.9 Å². The van der Waals surface area contributed by atoms with E-state index < -0.39 is 5.91 Å². The lowest BCUT2D eigenvalue weighted by Crippen LogP contribution is -2.10. The summed E-state index contributed by atoms with van der Waals surface area (Å²) in [4.78, 5) is 10.6. The molecule has 0 atom stereocenters. The molecular weight excluding hydrogens is 226 g/mol. The van der Waals surface area contributed by atoms with Gasteiger partial charge in [0.15, 0.2) is 0 Å². The fraction of sp³-hybridized carbons (Fsp3) is 0. The lowest BCUT2D eigenvalue weighted by Gasteiger charge is -2.02. The van der Waals surface area contributed by atoms with Gasteiger partial charge in [0.25, 0.3) is 5.91 Å². The van der Waals surface area contributed by atoms with Crippen LogP contribution in [0.15, 0.2) is 16.6 Å². The second-order valence-electron chi connectivity index (χ2n) is 2.19. The number of amides is 1. The molecular formula is C7H6BrNO3. The van der Waals surface area contributed by atoms with Crippen LogP contribution < -0.4 is 5.73 Å². The van der Waals surface area contributed by atoms with Gasteiger partial charge in [-0.1, -0.05) is 0 Å². The zero-order valence-corrected chi connectivity index (χ0v) is 7.50. The molecule has 1 amide bonds. The fourth-order valence-electron chi connectivity index (χ4n) is 0.749. The molecule has 0 aromatic heterocycles. The summed E-state index contributed by atoms with van der Waals surface area (Å²) >= 11 is 2.97. The molecule has 0 bridgehead atoms. The molecule has 1 aromatic carbocycles. The molecule has 0 unspecified atom stereocenters. The first-order valence-corrected chi connectivity index (χ1v) is 3.83. The van der Waals surface area contributed by atoms with Crippen LogP contribution in [0.4, 0.5) is 0 Å². The number of aromatic hydroxyl groups is 2. The molecule has 0 aliphatic rings. The number of hydrogen-bond acceptors (Lipinski definition) is 3. The van der Waals surface area contributed by atoms with E-state index in [1.165, 1.54) is 6.07 Å².